The van der Waals surface area contributed by atoms with E-state index in [-0.39, 0.29) is 23.4 Å². The van der Waals surface area contributed by atoms with Gasteiger partial charge < -0.3 is 15.8 Å². The summed E-state index contributed by atoms with van der Waals surface area (Å²) in [6.45, 7) is 2.73. The standard InChI is InChI=1S/C10H20N2O3S/c1-7(16(2)14)6-12-10(13)9-4-3-8(5-11)15-9/h7-9H,3-6,11H2,1-2H3,(H,12,13). The molecule has 1 heterocycles. The number of carbonyl (C=O) groups excluding carboxylic acids is 1. The van der Waals surface area contributed by atoms with Gasteiger partial charge in [0.1, 0.15) is 6.10 Å². The van der Waals surface area contributed by atoms with Gasteiger partial charge in [0, 0.05) is 35.4 Å². The molecule has 3 N–H and O–H groups in total. The molecule has 0 spiro atoms. The predicted molar refractivity (Wildman–Crippen MR) is 63.5 cm³/mol. The molecule has 4 unspecified atom stereocenters. The Balaban J connectivity index is 2.28. The fourth-order valence-electron chi connectivity index (χ4n) is 1.55. The summed E-state index contributed by atoms with van der Waals surface area (Å²) in [5, 5.41) is 2.72. The van der Waals surface area contributed by atoms with Crippen LogP contribution in [-0.2, 0) is 20.3 Å². The van der Waals surface area contributed by atoms with Crippen molar-refractivity contribution in [1.82, 2.24) is 5.32 Å². The molecule has 0 bridgehead atoms. The summed E-state index contributed by atoms with van der Waals surface area (Å²) in [6.07, 6.45) is 2.81. The van der Waals surface area contributed by atoms with Crippen molar-refractivity contribution in [3.05, 3.63) is 0 Å². The molecular formula is C10H20N2O3S. The Morgan fingerprint density at radius 3 is 2.81 bits per heavy atom. The van der Waals surface area contributed by atoms with E-state index < -0.39 is 10.8 Å². The maximum atomic E-state index is 11.7. The zero-order chi connectivity index (χ0) is 12.1. The van der Waals surface area contributed by atoms with Gasteiger partial charge in [-0.3, -0.25) is 9.00 Å². The van der Waals surface area contributed by atoms with Gasteiger partial charge in [-0.15, -0.1) is 0 Å². The number of rotatable bonds is 5. The molecule has 6 heteroatoms. The Labute approximate surface area is 98.6 Å². The quantitative estimate of drug-likeness (QED) is 0.679. The molecular weight excluding hydrogens is 228 g/mol. The van der Waals surface area contributed by atoms with E-state index in [9.17, 15) is 9.00 Å². The van der Waals surface area contributed by atoms with Crippen LogP contribution in [0.4, 0.5) is 0 Å². The zero-order valence-electron chi connectivity index (χ0n) is 9.77. The van der Waals surface area contributed by atoms with Crippen LogP contribution in [0.3, 0.4) is 0 Å². The van der Waals surface area contributed by atoms with Crippen molar-refractivity contribution in [3.63, 3.8) is 0 Å². The van der Waals surface area contributed by atoms with Gasteiger partial charge in [0.15, 0.2) is 0 Å². The molecule has 0 aromatic carbocycles. The lowest BCUT2D eigenvalue weighted by Gasteiger charge is -2.14. The van der Waals surface area contributed by atoms with Crippen molar-refractivity contribution in [1.29, 1.82) is 0 Å². The predicted octanol–water partition coefficient (Wildman–Crippen LogP) is -0.624. The number of amides is 1. The Bertz CT molecular complexity index is 273. The summed E-state index contributed by atoms with van der Waals surface area (Å²) >= 11 is 0. The molecule has 1 rings (SSSR count). The van der Waals surface area contributed by atoms with Crippen molar-refractivity contribution < 1.29 is 13.7 Å². The first-order valence-electron chi connectivity index (χ1n) is 5.50. The Morgan fingerprint density at radius 1 is 1.62 bits per heavy atom. The third-order valence-electron chi connectivity index (χ3n) is 2.79. The lowest BCUT2D eigenvalue weighted by atomic mass is 10.2. The van der Waals surface area contributed by atoms with E-state index in [4.69, 9.17) is 10.5 Å². The van der Waals surface area contributed by atoms with Gasteiger partial charge in [-0.2, -0.15) is 0 Å². The first-order chi connectivity index (χ1) is 7.54. The van der Waals surface area contributed by atoms with Crippen LogP contribution in [0.2, 0.25) is 0 Å². The average Bonchev–Trinajstić information content (AvgIpc) is 2.73. The van der Waals surface area contributed by atoms with Crippen LogP contribution >= 0.6 is 0 Å². The third-order valence-corrected chi connectivity index (χ3v) is 4.09. The lowest BCUT2D eigenvalue weighted by Crippen LogP contribution is -2.39. The largest absolute Gasteiger partial charge is 0.364 e. The fraction of sp³-hybridized carbons (Fsp3) is 0.900. The van der Waals surface area contributed by atoms with Gasteiger partial charge >= 0.3 is 0 Å². The van der Waals surface area contributed by atoms with Crippen molar-refractivity contribution in [2.24, 2.45) is 5.73 Å². The Hall–Kier alpha value is -0.460. The van der Waals surface area contributed by atoms with Crippen molar-refractivity contribution in [2.45, 2.75) is 37.2 Å². The number of nitrogens with two attached hydrogens (primary N) is 1. The second-order valence-electron chi connectivity index (χ2n) is 4.11. The summed E-state index contributed by atoms with van der Waals surface area (Å²) in [4.78, 5) is 11.7. The topological polar surface area (TPSA) is 81.4 Å². The molecule has 16 heavy (non-hydrogen) atoms. The molecule has 0 saturated carbocycles. The second kappa shape index (κ2) is 6.32. The summed E-state index contributed by atoms with van der Waals surface area (Å²) in [5.74, 6) is -0.117. The third kappa shape index (κ3) is 3.84. The molecule has 94 valence electrons. The van der Waals surface area contributed by atoms with E-state index >= 15 is 0 Å². The minimum Gasteiger partial charge on any atom is -0.364 e. The van der Waals surface area contributed by atoms with Gasteiger partial charge in [0.2, 0.25) is 5.91 Å². The summed E-state index contributed by atoms with van der Waals surface area (Å²) in [7, 11) is -0.912. The van der Waals surface area contributed by atoms with E-state index in [1.54, 1.807) is 6.26 Å². The zero-order valence-corrected chi connectivity index (χ0v) is 10.6. The highest BCUT2D eigenvalue weighted by Crippen LogP contribution is 2.18. The maximum Gasteiger partial charge on any atom is 0.249 e. The van der Waals surface area contributed by atoms with Crippen molar-refractivity contribution in [3.8, 4) is 0 Å². The van der Waals surface area contributed by atoms with Gasteiger partial charge in [-0.05, 0) is 19.8 Å². The normalized spacial score (nSPS) is 28.7. The smallest absolute Gasteiger partial charge is 0.249 e. The fourth-order valence-corrected chi connectivity index (χ4v) is 1.87. The number of carbonyl (C=O) groups is 1. The van der Waals surface area contributed by atoms with Crippen LogP contribution in [0.25, 0.3) is 0 Å². The van der Waals surface area contributed by atoms with E-state index in [1.165, 1.54) is 0 Å². The number of hydrogen-bond donors (Lipinski definition) is 2. The highest BCUT2D eigenvalue weighted by molar-refractivity contribution is 7.84. The highest BCUT2D eigenvalue weighted by Gasteiger charge is 2.29. The van der Waals surface area contributed by atoms with Crippen LogP contribution < -0.4 is 11.1 Å². The van der Waals surface area contributed by atoms with E-state index in [1.807, 2.05) is 6.92 Å². The van der Waals surface area contributed by atoms with E-state index in [0.717, 1.165) is 12.8 Å². The van der Waals surface area contributed by atoms with Crippen LogP contribution in [0.5, 0.6) is 0 Å². The van der Waals surface area contributed by atoms with Crippen LogP contribution in [0.15, 0.2) is 0 Å². The lowest BCUT2D eigenvalue weighted by molar-refractivity contribution is -0.131. The molecule has 1 aliphatic heterocycles. The minimum absolute atomic E-state index is 0.00785. The maximum absolute atomic E-state index is 11.7. The monoisotopic (exact) mass is 248 g/mol. The van der Waals surface area contributed by atoms with Gasteiger partial charge in [0.05, 0.1) is 6.10 Å². The SMILES string of the molecule is CC(CNC(=O)C1CCC(CN)O1)S(C)=O. The molecule has 4 atom stereocenters. The molecule has 0 aliphatic carbocycles. The first-order valence-corrected chi connectivity index (χ1v) is 7.12. The first kappa shape index (κ1) is 13.6. The summed E-state index contributed by atoms with van der Waals surface area (Å²) < 4.78 is 16.5. The molecule has 1 aliphatic rings. The molecule has 5 nitrogen and oxygen atoms in total. The Kier molecular flexibility index (Phi) is 5.37. The van der Waals surface area contributed by atoms with E-state index in [2.05, 4.69) is 5.32 Å². The molecule has 1 saturated heterocycles. The molecule has 0 radical (unpaired) electrons. The number of hydrogen-bond acceptors (Lipinski definition) is 4. The van der Waals surface area contributed by atoms with Crippen LogP contribution in [0.1, 0.15) is 19.8 Å². The number of nitrogens with one attached hydrogen (secondary N) is 1. The van der Waals surface area contributed by atoms with Gasteiger partial charge in [0.25, 0.3) is 0 Å². The number of ether oxygens (including phenoxy) is 1. The summed E-state index contributed by atoms with van der Waals surface area (Å²) in [6, 6.07) is 0. The minimum atomic E-state index is -0.912. The van der Waals surface area contributed by atoms with Crippen LogP contribution in [-0.4, -0.2) is 46.9 Å². The molecule has 0 aromatic rings. The molecule has 0 aromatic heterocycles. The van der Waals surface area contributed by atoms with E-state index in [0.29, 0.717) is 13.1 Å². The molecule has 1 fully saturated rings. The highest BCUT2D eigenvalue weighted by atomic mass is 32.2. The van der Waals surface area contributed by atoms with Crippen molar-refractivity contribution in [2.75, 3.05) is 19.3 Å². The Morgan fingerprint density at radius 2 is 2.31 bits per heavy atom. The van der Waals surface area contributed by atoms with Gasteiger partial charge in [-0.25, -0.2) is 0 Å². The average molecular weight is 248 g/mol. The van der Waals surface area contributed by atoms with Crippen molar-refractivity contribution >= 4 is 16.7 Å². The summed E-state index contributed by atoms with van der Waals surface area (Å²) in [5.41, 5.74) is 5.46. The second-order valence-corrected chi connectivity index (χ2v) is 5.92. The molecule has 1 amide bonds. The van der Waals surface area contributed by atoms with Gasteiger partial charge in [-0.1, -0.05) is 0 Å². The van der Waals surface area contributed by atoms with Crippen LogP contribution in [0, 0.1) is 0 Å².